The molecule has 0 aromatic heterocycles. The van der Waals surface area contributed by atoms with Gasteiger partial charge in [0.1, 0.15) is 19.3 Å². The largest absolute Gasteiger partial charge is 0.472 e. The average Bonchev–Trinajstić information content (AvgIpc) is 3.15. The molecule has 2 unspecified atom stereocenters. The predicted octanol–water partition coefficient (Wildman–Crippen LogP) is 13.8. The van der Waals surface area contributed by atoms with Crippen LogP contribution in [-0.2, 0) is 27.9 Å². The van der Waals surface area contributed by atoms with E-state index in [0.717, 1.165) is 70.6 Å². The molecule has 0 spiro atoms. The first-order valence-electron chi connectivity index (χ1n) is 23.2. The molecule has 0 saturated heterocycles. The van der Waals surface area contributed by atoms with E-state index in [2.05, 4.69) is 50.3 Å². The molecule has 56 heavy (non-hydrogen) atoms. The fourth-order valence-corrected chi connectivity index (χ4v) is 7.13. The minimum absolute atomic E-state index is 0.0858. The Morgan fingerprint density at radius 2 is 1.04 bits per heavy atom. The summed E-state index contributed by atoms with van der Waals surface area (Å²) in [7, 11) is 1.66. The molecule has 0 aliphatic rings. The summed E-state index contributed by atoms with van der Waals surface area (Å²) in [5.41, 5.74) is 0. The van der Waals surface area contributed by atoms with Crippen molar-refractivity contribution in [3.63, 3.8) is 0 Å². The Morgan fingerprint density at radius 1 is 0.571 bits per heavy atom. The van der Waals surface area contributed by atoms with Gasteiger partial charge >= 0.3 is 13.8 Å². The molecule has 8 nitrogen and oxygen atoms in total. The molecule has 1 N–H and O–H groups in total. The first-order chi connectivity index (χ1) is 27.1. The van der Waals surface area contributed by atoms with Gasteiger partial charge in [-0.1, -0.05) is 185 Å². The molecule has 9 heteroatoms. The highest BCUT2D eigenvalue weighted by Crippen LogP contribution is 2.43. The standard InChI is InChI=1S/C47H90NO7P/c1-6-8-10-12-14-16-18-20-22-23-24-25-27-29-31-33-35-37-39-42-52-44-46(45-54-56(50,51)53-43-41-48(3,4)5)55-47(49)40-38-36-34-32-30-28-26-21-19-17-15-13-11-9-7-2/h9,11,15,17,21,26,46H,6-8,10,12-14,16,18-20,22-25,27-45H2,1-5H3/p+1/b11-9-,17-15-,26-21-. The van der Waals surface area contributed by atoms with E-state index in [9.17, 15) is 14.3 Å². The monoisotopic (exact) mass is 813 g/mol. The highest BCUT2D eigenvalue weighted by atomic mass is 31.2. The van der Waals surface area contributed by atoms with Gasteiger partial charge in [-0.15, -0.1) is 0 Å². The van der Waals surface area contributed by atoms with Gasteiger partial charge in [0.15, 0.2) is 0 Å². The smallest absolute Gasteiger partial charge is 0.457 e. The highest BCUT2D eigenvalue weighted by Gasteiger charge is 2.26. The number of likely N-dealkylation sites (N-methyl/N-ethyl adjacent to an activating group) is 1. The van der Waals surface area contributed by atoms with E-state index < -0.39 is 13.9 Å². The van der Waals surface area contributed by atoms with Crippen molar-refractivity contribution in [2.45, 2.75) is 206 Å². The number of ether oxygens (including phenoxy) is 2. The van der Waals surface area contributed by atoms with E-state index >= 15 is 0 Å². The quantitative estimate of drug-likeness (QED) is 0.0215. The summed E-state index contributed by atoms with van der Waals surface area (Å²) in [6.45, 7) is 5.52. The summed E-state index contributed by atoms with van der Waals surface area (Å²) in [6, 6.07) is 0. The van der Waals surface area contributed by atoms with Gasteiger partial charge in [-0.05, 0) is 44.9 Å². The summed E-state index contributed by atoms with van der Waals surface area (Å²) < 4.78 is 35.0. The first kappa shape index (κ1) is 54.7. The Bertz CT molecular complexity index is 994. The molecule has 0 amide bonds. The second-order valence-corrected chi connectivity index (χ2v) is 18.2. The van der Waals surface area contributed by atoms with Crippen LogP contribution in [0.2, 0.25) is 0 Å². The molecule has 330 valence electrons. The fourth-order valence-electron chi connectivity index (χ4n) is 6.39. The number of hydrogen-bond donors (Lipinski definition) is 1. The summed E-state index contributed by atoms with van der Waals surface area (Å²) in [5.74, 6) is -0.328. The molecule has 0 bridgehead atoms. The van der Waals surface area contributed by atoms with Gasteiger partial charge < -0.3 is 18.9 Å². The van der Waals surface area contributed by atoms with E-state index in [1.165, 1.54) is 109 Å². The molecule has 0 aliphatic heterocycles. The number of unbranched alkanes of at least 4 members (excludes halogenated alkanes) is 23. The van der Waals surface area contributed by atoms with E-state index in [1.54, 1.807) is 0 Å². The first-order valence-corrected chi connectivity index (χ1v) is 24.7. The van der Waals surface area contributed by atoms with Crippen LogP contribution in [0.3, 0.4) is 0 Å². The molecular formula is C47H91NO7P+. The van der Waals surface area contributed by atoms with Crippen LogP contribution in [0.1, 0.15) is 200 Å². The zero-order valence-corrected chi connectivity index (χ0v) is 38.3. The summed E-state index contributed by atoms with van der Waals surface area (Å²) in [4.78, 5) is 22.9. The number of esters is 1. The lowest BCUT2D eigenvalue weighted by molar-refractivity contribution is -0.870. The van der Waals surface area contributed by atoms with E-state index in [4.69, 9.17) is 18.5 Å². The zero-order valence-electron chi connectivity index (χ0n) is 37.4. The van der Waals surface area contributed by atoms with Gasteiger partial charge in [-0.25, -0.2) is 4.57 Å². The van der Waals surface area contributed by atoms with Gasteiger partial charge in [0.25, 0.3) is 0 Å². The highest BCUT2D eigenvalue weighted by molar-refractivity contribution is 7.47. The summed E-state index contributed by atoms with van der Waals surface area (Å²) in [6.07, 6.45) is 47.5. The summed E-state index contributed by atoms with van der Waals surface area (Å²) in [5, 5.41) is 0. The van der Waals surface area contributed by atoms with Crippen LogP contribution in [0.5, 0.6) is 0 Å². The van der Waals surface area contributed by atoms with Crippen molar-refractivity contribution in [2.75, 3.05) is 54.1 Å². The zero-order chi connectivity index (χ0) is 41.3. The van der Waals surface area contributed by atoms with Crippen molar-refractivity contribution >= 4 is 13.8 Å². The lowest BCUT2D eigenvalue weighted by Crippen LogP contribution is -2.37. The van der Waals surface area contributed by atoms with Crippen molar-refractivity contribution < 1.29 is 37.3 Å². The minimum atomic E-state index is -4.28. The maximum atomic E-state index is 12.7. The average molecular weight is 813 g/mol. The fraction of sp³-hybridized carbons (Fsp3) is 0.851. The lowest BCUT2D eigenvalue weighted by atomic mass is 10.0. The third-order valence-electron chi connectivity index (χ3n) is 9.97. The number of rotatable bonds is 43. The molecule has 0 fully saturated rings. The van der Waals surface area contributed by atoms with Crippen LogP contribution in [0.15, 0.2) is 36.5 Å². The van der Waals surface area contributed by atoms with Crippen LogP contribution < -0.4 is 0 Å². The number of hydrogen-bond acceptors (Lipinski definition) is 6. The topological polar surface area (TPSA) is 91.3 Å². The van der Waals surface area contributed by atoms with Crippen molar-refractivity contribution in [3.8, 4) is 0 Å². The Balaban J connectivity index is 4.18. The van der Waals surface area contributed by atoms with E-state index in [0.29, 0.717) is 24.1 Å². The Hall–Kier alpha value is -1.28. The van der Waals surface area contributed by atoms with Gasteiger partial charge in [0.05, 0.1) is 34.4 Å². The molecule has 0 aromatic rings. The minimum Gasteiger partial charge on any atom is -0.457 e. The predicted molar refractivity (Wildman–Crippen MR) is 238 cm³/mol. The van der Waals surface area contributed by atoms with Crippen LogP contribution in [0, 0.1) is 0 Å². The van der Waals surface area contributed by atoms with Crippen molar-refractivity contribution in [3.05, 3.63) is 36.5 Å². The van der Waals surface area contributed by atoms with Crippen LogP contribution in [-0.4, -0.2) is 75.6 Å². The SMILES string of the molecule is CC/C=C\C/C=C\C/C=C\CCCCCCCC(=O)OC(COCCCCCCCCCCCCCCCCCCCCC)COP(=O)(O)OCC[N+](C)(C)C. The number of carbonyl (C=O) groups is 1. The normalized spacial score (nSPS) is 14.0. The number of quaternary nitrogens is 1. The number of phosphoric acid groups is 1. The van der Waals surface area contributed by atoms with E-state index in [-0.39, 0.29) is 25.8 Å². The molecule has 0 aromatic carbocycles. The molecule has 2 atom stereocenters. The molecule has 0 aliphatic carbocycles. The van der Waals surface area contributed by atoms with Crippen molar-refractivity contribution in [1.82, 2.24) is 0 Å². The summed E-state index contributed by atoms with van der Waals surface area (Å²) >= 11 is 0. The van der Waals surface area contributed by atoms with Crippen molar-refractivity contribution in [1.29, 1.82) is 0 Å². The van der Waals surface area contributed by atoms with E-state index in [1.807, 2.05) is 21.1 Å². The Morgan fingerprint density at radius 3 is 1.55 bits per heavy atom. The van der Waals surface area contributed by atoms with Gasteiger partial charge in [0, 0.05) is 13.0 Å². The van der Waals surface area contributed by atoms with Crippen LogP contribution in [0.25, 0.3) is 0 Å². The molecule has 0 saturated carbocycles. The maximum Gasteiger partial charge on any atom is 0.472 e. The second kappa shape index (κ2) is 40.5. The van der Waals surface area contributed by atoms with Crippen molar-refractivity contribution in [2.24, 2.45) is 0 Å². The van der Waals surface area contributed by atoms with Gasteiger partial charge in [-0.3, -0.25) is 13.8 Å². The Labute approximate surface area is 346 Å². The van der Waals surface area contributed by atoms with Crippen LogP contribution >= 0.6 is 7.82 Å². The lowest BCUT2D eigenvalue weighted by Gasteiger charge is -2.24. The number of phosphoric ester groups is 1. The third kappa shape index (κ3) is 43.8. The molecule has 0 rings (SSSR count). The number of carbonyl (C=O) groups excluding carboxylic acids is 1. The maximum absolute atomic E-state index is 12.7. The molecule has 0 heterocycles. The Kier molecular flexibility index (Phi) is 39.6. The number of allylic oxidation sites excluding steroid dienone is 6. The second-order valence-electron chi connectivity index (χ2n) is 16.8. The van der Waals surface area contributed by atoms with Gasteiger partial charge in [-0.2, -0.15) is 0 Å². The molecular weight excluding hydrogens is 721 g/mol. The van der Waals surface area contributed by atoms with Gasteiger partial charge in [0.2, 0.25) is 0 Å². The van der Waals surface area contributed by atoms with Crippen LogP contribution in [0.4, 0.5) is 0 Å². The molecule has 0 radical (unpaired) electrons. The number of nitrogens with zero attached hydrogens (tertiary/aromatic N) is 1. The third-order valence-corrected chi connectivity index (χ3v) is 11.0.